The van der Waals surface area contributed by atoms with Crippen LogP contribution in [0.4, 0.5) is 0 Å². The number of hydrogen-bond donors (Lipinski definition) is 2. The van der Waals surface area contributed by atoms with Gasteiger partial charge in [0.1, 0.15) is 5.01 Å². The number of carbonyl (C=O) groups excluding carboxylic acids is 1. The summed E-state index contributed by atoms with van der Waals surface area (Å²) in [5, 5.41) is 7.56. The summed E-state index contributed by atoms with van der Waals surface area (Å²) in [6, 6.07) is 7.56. The molecule has 0 aliphatic heterocycles. The predicted octanol–water partition coefficient (Wildman–Crippen LogP) is 2.41. The van der Waals surface area contributed by atoms with Gasteiger partial charge in [-0.25, -0.2) is 9.98 Å². The minimum atomic E-state index is 0.00352. The highest BCUT2D eigenvalue weighted by Crippen LogP contribution is 2.10. The first-order valence-corrected chi connectivity index (χ1v) is 9.05. The molecule has 0 spiro atoms. The Morgan fingerprint density at radius 1 is 1.24 bits per heavy atom. The summed E-state index contributed by atoms with van der Waals surface area (Å²) in [6.45, 7) is 6.07. The van der Waals surface area contributed by atoms with Gasteiger partial charge in [-0.1, -0.05) is 12.1 Å². The van der Waals surface area contributed by atoms with Crippen LogP contribution in [0.2, 0.25) is 0 Å². The van der Waals surface area contributed by atoms with Gasteiger partial charge in [0.2, 0.25) is 0 Å². The number of rotatable bonds is 6. The minimum absolute atomic E-state index is 0.00352. The van der Waals surface area contributed by atoms with Gasteiger partial charge < -0.3 is 15.5 Å². The Morgan fingerprint density at radius 3 is 2.52 bits per heavy atom. The molecule has 0 aliphatic carbocycles. The number of benzene rings is 1. The van der Waals surface area contributed by atoms with Crippen molar-refractivity contribution in [2.75, 3.05) is 20.6 Å². The largest absolute Gasteiger partial charge is 0.357 e. The number of carbonyl (C=O) groups is 1. The topological polar surface area (TPSA) is 69.6 Å². The molecule has 0 aliphatic rings. The first-order chi connectivity index (χ1) is 12.0. The maximum absolute atomic E-state index is 11.9. The van der Waals surface area contributed by atoms with Crippen LogP contribution in [0.25, 0.3) is 0 Å². The Kier molecular flexibility index (Phi) is 6.94. The van der Waals surface area contributed by atoms with Crippen LogP contribution in [-0.2, 0) is 13.1 Å². The first-order valence-electron chi connectivity index (χ1n) is 8.23. The molecule has 2 aromatic rings. The summed E-state index contributed by atoms with van der Waals surface area (Å²) in [7, 11) is 3.50. The summed E-state index contributed by atoms with van der Waals surface area (Å²) >= 11 is 1.68. The van der Waals surface area contributed by atoms with Crippen molar-refractivity contribution in [3.8, 4) is 0 Å². The molecule has 2 rings (SSSR count). The van der Waals surface area contributed by atoms with Gasteiger partial charge in [0.15, 0.2) is 5.96 Å². The molecule has 0 atom stereocenters. The van der Waals surface area contributed by atoms with Gasteiger partial charge in [0.25, 0.3) is 5.91 Å². The van der Waals surface area contributed by atoms with Crippen molar-refractivity contribution in [3.63, 3.8) is 0 Å². The second kappa shape index (κ2) is 9.17. The van der Waals surface area contributed by atoms with E-state index in [1.165, 1.54) is 4.88 Å². The lowest BCUT2D eigenvalue weighted by Crippen LogP contribution is -2.36. The Morgan fingerprint density at radius 2 is 1.96 bits per heavy atom. The van der Waals surface area contributed by atoms with E-state index in [9.17, 15) is 4.79 Å². The van der Waals surface area contributed by atoms with Gasteiger partial charge in [-0.2, -0.15) is 0 Å². The van der Waals surface area contributed by atoms with Gasteiger partial charge in [-0.05, 0) is 31.5 Å². The SMILES string of the molecule is CCNC(=NCc1ccc(C(=O)N(C)C)cc1)NCc1ncc(C)s1. The highest BCUT2D eigenvalue weighted by molar-refractivity contribution is 7.11. The Bertz CT molecular complexity index is 721. The summed E-state index contributed by atoms with van der Waals surface area (Å²) in [5.41, 5.74) is 1.74. The van der Waals surface area contributed by atoms with E-state index in [1.54, 1.807) is 30.3 Å². The van der Waals surface area contributed by atoms with Crippen LogP contribution in [-0.4, -0.2) is 42.4 Å². The van der Waals surface area contributed by atoms with Gasteiger partial charge in [0, 0.05) is 37.3 Å². The highest BCUT2D eigenvalue weighted by atomic mass is 32.1. The number of hydrogen-bond acceptors (Lipinski definition) is 4. The lowest BCUT2D eigenvalue weighted by atomic mass is 10.1. The molecule has 25 heavy (non-hydrogen) atoms. The molecule has 0 saturated carbocycles. The number of amides is 1. The van der Waals surface area contributed by atoms with E-state index in [4.69, 9.17) is 0 Å². The van der Waals surface area contributed by atoms with Gasteiger partial charge in [-0.3, -0.25) is 4.79 Å². The normalized spacial score (nSPS) is 11.3. The van der Waals surface area contributed by atoms with E-state index in [2.05, 4.69) is 20.6 Å². The quantitative estimate of drug-likeness (QED) is 0.614. The average molecular weight is 359 g/mol. The van der Waals surface area contributed by atoms with Gasteiger partial charge in [0.05, 0.1) is 13.1 Å². The number of nitrogens with one attached hydrogen (secondary N) is 2. The Balaban J connectivity index is 1.96. The van der Waals surface area contributed by atoms with E-state index in [0.29, 0.717) is 18.7 Å². The zero-order valence-corrected chi connectivity index (χ0v) is 16.0. The number of aliphatic imine (C=N–C) groups is 1. The Hall–Kier alpha value is -2.41. The number of aryl methyl sites for hydroxylation is 1. The monoisotopic (exact) mass is 359 g/mol. The molecule has 6 nitrogen and oxygen atoms in total. The van der Waals surface area contributed by atoms with Crippen molar-refractivity contribution in [3.05, 3.63) is 51.5 Å². The van der Waals surface area contributed by atoms with Crippen LogP contribution in [0.1, 0.15) is 32.7 Å². The van der Waals surface area contributed by atoms with E-state index < -0.39 is 0 Å². The molecule has 1 amide bonds. The lowest BCUT2D eigenvalue weighted by molar-refractivity contribution is 0.0827. The number of guanidine groups is 1. The fraction of sp³-hybridized carbons (Fsp3) is 0.389. The van der Waals surface area contributed by atoms with E-state index >= 15 is 0 Å². The molecule has 0 unspecified atom stereocenters. The van der Waals surface area contributed by atoms with Crippen molar-refractivity contribution < 1.29 is 4.79 Å². The van der Waals surface area contributed by atoms with E-state index in [1.807, 2.05) is 44.3 Å². The molecule has 1 heterocycles. The summed E-state index contributed by atoms with van der Waals surface area (Å²) < 4.78 is 0. The van der Waals surface area contributed by atoms with Crippen LogP contribution in [0.5, 0.6) is 0 Å². The molecule has 2 N–H and O–H groups in total. The summed E-state index contributed by atoms with van der Waals surface area (Å²) in [6.07, 6.45) is 1.88. The van der Waals surface area contributed by atoms with Crippen LogP contribution < -0.4 is 10.6 Å². The van der Waals surface area contributed by atoms with Crippen LogP contribution in [0.3, 0.4) is 0 Å². The fourth-order valence-corrected chi connectivity index (χ4v) is 2.89. The summed E-state index contributed by atoms with van der Waals surface area (Å²) in [5.74, 6) is 0.757. The van der Waals surface area contributed by atoms with Crippen molar-refractivity contribution in [2.45, 2.75) is 26.9 Å². The fourth-order valence-electron chi connectivity index (χ4n) is 2.17. The van der Waals surface area contributed by atoms with Crippen LogP contribution in [0, 0.1) is 6.92 Å². The zero-order valence-electron chi connectivity index (χ0n) is 15.2. The van der Waals surface area contributed by atoms with Crippen molar-refractivity contribution in [2.24, 2.45) is 4.99 Å². The van der Waals surface area contributed by atoms with Crippen molar-refractivity contribution in [1.82, 2.24) is 20.5 Å². The molecular formula is C18H25N5OS. The number of aromatic nitrogens is 1. The maximum Gasteiger partial charge on any atom is 0.253 e. The standard InChI is InChI=1S/C18H25N5OS/c1-5-19-18(22-12-16-20-10-13(2)25-16)21-11-14-6-8-15(9-7-14)17(24)23(3)4/h6-10H,5,11-12H2,1-4H3,(H2,19,21,22). The second-order valence-electron chi connectivity index (χ2n) is 5.81. The van der Waals surface area contributed by atoms with Crippen molar-refractivity contribution in [1.29, 1.82) is 0 Å². The first kappa shape index (κ1) is 18.9. The zero-order chi connectivity index (χ0) is 18.2. The smallest absolute Gasteiger partial charge is 0.253 e. The predicted molar refractivity (Wildman–Crippen MR) is 103 cm³/mol. The lowest BCUT2D eigenvalue weighted by Gasteiger charge is -2.11. The number of thiazole rings is 1. The van der Waals surface area contributed by atoms with Crippen LogP contribution >= 0.6 is 11.3 Å². The third-order valence-corrected chi connectivity index (χ3v) is 4.36. The molecule has 0 bridgehead atoms. The van der Waals surface area contributed by atoms with Gasteiger partial charge >= 0.3 is 0 Å². The molecule has 7 heteroatoms. The molecular weight excluding hydrogens is 334 g/mol. The maximum atomic E-state index is 11.9. The van der Waals surface area contributed by atoms with E-state index in [-0.39, 0.29) is 5.91 Å². The van der Waals surface area contributed by atoms with Crippen LogP contribution in [0.15, 0.2) is 35.5 Å². The van der Waals surface area contributed by atoms with Gasteiger partial charge in [-0.15, -0.1) is 11.3 Å². The highest BCUT2D eigenvalue weighted by Gasteiger charge is 2.07. The second-order valence-corrected chi connectivity index (χ2v) is 7.13. The number of nitrogens with zero attached hydrogens (tertiary/aromatic N) is 3. The van der Waals surface area contributed by atoms with Crippen molar-refractivity contribution >= 4 is 23.2 Å². The molecule has 1 aromatic heterocycles. The molecule has 0 fully saturated rings. The minimum Gasteiger partial charge on any atom is -0.357 e. The average Bonchev–Trinajstić information content (AvgIpc) is 3.02. The molecule has 0 saturated heterocycles. The third kappa shape index (κ3) is 5.86. The molecule has 0 radical (unpaired) electrons. The summed E-state index contributed by atoms with van der Waals surface area (Å²) in [4.78, 5) is 23.6. The molecule has 1 aromatic carbocycles. The third-order valence-electron chi connectivity index (χ3n) is 3.45. The van der Waals surface area contributed by atoms with E-state index in [0.717, 1.165) is 23.1 Å². The molecule has 134 valence electrons. The Labute approximate surface area is 153 Å².